The summed E-state index contributed by atoms with van der Waals surface area (Å²) < 4.78 is 7.68. The number of furan rings is 1. The van der Waals surface area contributed by atoms with Crippen LogP contribution in [0.4, 0.5) is 0 Å². The van der Waals surface area contributed by atoms with E-state index in [0.29, 0.717) is 0 Å². The van der Waals surface area contributed by atoms with Crippen LogP contribution in [0.1, 0.15) is 26.3 Å². The van der Waals surface area contributed by atoms with Crippen molar-refractivity contribution in [1.82, 2.24) is 4.98 Å². The second kappa shape index (κ2) is 6.16. The SMILES string of the molecule is CC(C)(C)c1cc(-c2nccc3c2oc2ccc4sccc4c23)cc2ccccc12. The van der Waals surface area contributed by atoms with Crippen molar-refractivity contribution in [1.29, 1.82) is 0 Å². The summed E-state index contributed by atoms with van der Waals surface area (Å²) >= 11 is 1.76. The van der Waals surface area contributed by atoms with Gasteiger partial charge in [-0.15, -0.1) is 11.3 Å². The molecule has 0 aliphatic heterocycles. The van der Waals surface area contributed by atoms with Gasteiger partial charge in [-0.25, -0.2) is 0 Å². The molecule has 3 heteroatoms. The van der Waals surface area contributed by atoms with E-state index in [1.807, 2.05) is 6.20 Å². The van der Waals surface area contributed by atoms with Gasteiger partial charge in [0.2, 0.25) is 0 Å². The lowest BCUT2D eigenvalue weighted by atomic mass is 9.82. The molecule has 0 aliphatic rings. The van der Waals surface area contributed by atoms with Crippen molar-refractivity contribution in [2.24, 2.45) is 0 Å². The number of benzene rings is 3. The summed E-state index contributed by atoms with van der Waals surface area (Å²) in [5.74, 6) is 0. The second-order valence-electron chi connectivity index (χ2n) is 8.90. The van der Waals surface area contributed by atoms with Crippen LogP contribution in [0, 0.1) is 0 Å². The van der Waals surface area contributed by atoms with E-state index in [1.54, 1.807) is 11.3 Å². The van der Waals surface area contributed by atoms with Crippen LogP contribution in [0.5, 0.6) is 0 Å². The van der Waals surface area contributed by atoms with Gasteiger partial charge in [-0.05, 0) is 63.5 Å². The molecule has 0 saturated heterocycles. The Morgan fingerprint density at radius 1 is 0.867 bits per heavy atom. The fourth-order valence-corrected chi connectivity index (χ4v) is 5.31. The minimum absolute atomic E-state index is 0.0280. The Labute approximate surface area is 178 Å². The summed E-state index contributed by atoms with van der Waals surface area (Å²) in [5, 5.41) is 8.24. The van der Waals surface area contributed by atoms with Crippen molar-refractivity contribution in [2.45, 2.75) is 26.2 Å². The molecule has 6 aromatic rings. The average molecular weight is 408 g/mol. The Balaban J connectivity index is 1.71. The molecule has 6 rings (SSSR count). The van der Waals surface area contributed by atoms with Crippen molar-refractivity contribution in [3.8, 4) is 11.3 Å². The smallest absolute Gasteiger partial charge is 0.161 e. The molecular formula is C27H21NOS. The summed E-state index contributed by atoms with van der Waals surface area (Å²) in [7, 11) is 0. The molecule has 2 nitrogen and oxygen atoms in total. The van der Waals surface area contributed by atoms with E-state index < -0.39 is 0 Å². The number of aromatic nitrogens is 1. The summed E-state index contributed by atoms with van der Waals surface area (Å²) in [4.78, 5) is 4.78. The summed E-state index contributed by atoms with van der Waals surface area (Å²) in [6.45, 7) is 6.79. The maximum atomic E-state index is 6.40. The predicted molar refractivity (Wildman–Crippen MR) is 129 cm³/mol. The normalized spacial score (nSPS) is 12.5. The minimum atomic E-state index is 0.0280. The third-order valence-electron chi connectivity index (χ3n) is 5.93. The van der Waals surface area contributed by atoms with Crippen LogP contribution in [-0.2, 0) is 5.41 Å². The predicted octanol–water partition coefficient (Wildman–Crippen LogP) is 8.31. The third-order valence-corrected chi connectivity index (χ3v) is 6.81. The van der Waals surface area contributed by atoms with E-state index in [4.69, 9.17) is 9.40 Å². The molecule has 0 amide bonds. The highest BCUT2D eigenvalue weighted by Crippen LogP contribution is 2.41. The second-order valence-corrected chi connectivity index (χ2v) is 9.85. The molecule has 0 saturated carbocycles. The van der Waals surface area contributed by atoms with Crippen LogP contribution >= 0.6 is 11.3 Å². The lowest BCUT2D eigenvalue weighted by Crippen LogP contribution is -2.12. The van der Waals surface area contributed by atoms with Gasteiger partial charge in [-0.3, -0.25) is 4.98 Å². The molecule has 0 spiro atoms. The number of nitrogens with zero attached hydrogens (tertiary/aromatic N) is 1. The molecular weight excluding hydrogens is 386 g/mol. The summed E-state index contributed by atoms with van der Waals surface area (Å²) in [6.07, 6.45) is 1.91. The van der Waals surface area contributed by atoms with Gasteiger partial charge in [0, 0.05) is 32.6 Å². The first-order valence-electron chi connectivity index (χ1n) is 10.2. The molecule has 0 fully saturated rings. The van der Waals surface area contributed by atoms with E-state index in [0.717, 1.165) is 27.8 Å². The fraction of sp³-hybridized carbons (Fsp3) is 0.148. The van der Waals surface area contributed by atoms with E-state index in [2.05, 4.69) is 86.8 Å². The van der Waals surface area contributed by atoms with E-state index in [1.165, 1.54) is 31.8 Å². The summed E-state index contributed by atoms with van der Waals surface area (Å²) in [5.41, 5.74) is 5.14. The quantitative estimate of drug-likeness (QED) is 0.274. The van der Waals surface area contributed by atoms with Gasteiger partial charge in [0.1, 0.15) is 11.3 Å². The number of fused-ring (bicyclic) bond motifs is 6. The molecule has 146 valence electrons. The first-order valence-corrected chi connectivity index (χ1v) is 11.1. The fourth-order valence-electron chi connectivity index (χ4n) is 4.52. The topological polar surface area (TPSA) is 26.0 Å². The highest BCUT2D eigenvalue weighted by molar-refractivity contribution is 7.17. The van der Waals surface area contributed by atoms with Gasteiger partial charge in [0.15, 0.2) is 5.58 Å². The van der Waals surface area contributed by atoms with Crippen molar-refractivity contribution in [2.75, 3.05) is 0 Å². The number of thiophene rings is 1. The molecule has 3 aromatic heterocycles. The minimum Gasteiger partial charge on any atom is -0.454 e. The molecule has 0 aliphatic carbocycles. The number of hydrogen-bond donors (Lipinski definition) is 0. The summed E-state index contributed by atoms with van der Waals surface area (Å²) in [6, 6.07) is 21.6. The highest BCUT2D eigenvalue weighted by atomic mass is 32.1. The molecule has 0 atom stereocenters. The Kier molecular flexibility index (Phi) is 3.63. The van der Waals surface area contributed by atoms with Crippen molar-refractivity contribution < 1.29 is 4.42 Å². The van der Waals surface area contributed by atoms with Crippen molar-refractivity contribution in [3.05, 3.63) is 77.8 Å². The highest BCUT2D eigenvalue weighted by Gasteiger charge is 2.21. The molecule has 3 heterocycles. The average Bonchev–Trinajstić information content (AvgIpc) is 3.35. The molecule has 0 bridgehead atoms. The largest absolute Gasteiger partial charge is 0.454 e. The van der Waals surface area contributed by atoms with Crippen LogP contribution in [-0.4, -0.2) is 4.98 Å². The third kappa shape index (κ3) is 2.52. The van der Waals surface area contributed by atoms with Crippen LogP contribution in [0.25, 0.3) is 54.1 Å². The first-order chi connectivity index (χ1) is 14.5. The Bertz CT molecular complexity index is 1580. The molecule has 0 radical (unpaired) electrons. The van der Waals surface area contributed by atoms with Crippen molar-refractivity contribution >= 4 is 54.1 Å². The number of hydrogen-bond acceptors (Lipinski definition) is 3. The van der Waals surface area contributed by atoms with E-state index >= 15 is 0 Å². The van der Waals surface area contributed by atoms with Crippen molar-refractivity contribution in [3.63, 3.8) is 0 Å². The Hall–Kier alpha value is -3.17. The zero-order valence-electron chi connectivity index (χ0n) is 17.2. The van der Waals surface area contributed by atoms with Gasteiger partial charge in [0.25, 0.3) is 0 Å². The molecule has 30 heavy (non-hydrogen) atoms. The van der Waals surface area contributed by atoms with Crippen LogP contribution < -0.4 is 0 Å². The van der Waals surface area contributed by atoms with Crippen LogP contribution in [0.2, 0.25) is 0 Å². The lowest BCUT2D eigenvalue weighted by Gasteiger charge is -2.22. The Morgan fingerprint density at radius 2 is 1.73 bits per heavy atom. The first kappa shape index (κ1) is 17.7. The van der Waals surface area contributed by atoms with Gasteiger partial charge in [0.05, 0.1) is 0 Å². The number of rotatable bonds is 1. The molecule has 0 N–H and O–H groups in total. The van der Waals surface area contributed by atoms with Gasteiger partial charge in [-0.2, -0.15) is 0 Å². The zero-order chi connectivity index (χ0) is 20.5. The number of pyridine rings is 1. The van der Waals surface area contributed by atoms with Crippen LogP contribution in [0.15, 0.2) is 76.7 Å². The Morgan fingerprint density at radius 3 is 2.60 bits per heavy atom. The van der Waals surface area contributed by atoms with Gasteiger partial charge >= 0.3 is 0 Å². The standard InChI is InChI=1S/C27H21NOS/c1-27(2,3)21-15-17(14-16-6-4-5-7-18(16)21)25-26-20(10-12-28-25)24-19-11-13-30-23(19)9-8-22(24)29-26/h4-15H,1-3H3. The van der Waals surface area contributed by atoms with E-state index in [-0.39, 0.29) is 5.41 Å². The lowest BCUT2D eigenvalue weighted by molar-refractivity contribution is 0.596. The van der Waals surface area contributed by atoms with Gasteiger partial charge in [-0.1, -0.05) is 45.0 Å². The monoisotopic (exact) mass is 407 g/mol. The van der Waals surface area contributed by atoms with Crippen LogP contribution in [0.3, 0.4) is 0 Å². The zero-order valence-corrected chi connectivity index (χ0v) is 18.0. The maximum Gasteiger partial charge on any atom is 0.161 e. The molecule has 0 unspecified atom stereocenters. The van der Waals surface area contributed by atoms with E-state index in [9.17, 15) is 0 Å². The van der Waals surface area contributed by atoms with Gasteiger partial charge < -0.3 is 4.42 Å². The maximum absolute atomic E-state index is 6.40. The molecule has 3 aromatic carbocycles.